The van der Waals surface area contributed by atoms with E-state index in [0.717, 1.165) is 52.4 Å². The van der Waals surface area contributed by atoms with Gasteiger partial charge < -0.3 is 34.5 Å². The van der Waals surface area contributed by atoms with Crippen LogP contribution in [0.2, 0.25) is 0 Å². The molecule has 0 saturated heterocycles. The highest BCUT2D eigenvalue weighted by atomic mass is 16.5. The number of rotatable bonds is 18. The molecule has 3 N–H and O–H groups in total. The minimum atomic E-state index is -1.82. The van der Waals surface area contributed by atoms with Crippen LogP contribution >= 0.6 is 0 Å². The summed E-state index contributed by atoms with van der Waals surface area (Å²) in [5.74, 6) is -3.65. The minimum absolute atomic E-state index is 0.678. The van der Waals surface area contributed by atoms with E-state index in [2.05, 4.69) is 19.2 Å². The van der Waals surface area contributed by atoms with Crippen LogP contribution in [-0.4, -0.2) is 88.1 Å². The van der Waals surface area contributed by atoms with E-state index < -0.39 is 11.9 Å². The largest absolute Gasteiger partial charge is 0.473 e. The summed E-state index contributed by atoms with van der Waals surface area (Å²) in [6.07, 6.45) is 4.62. The first-order valence-electron chi connectivity index (χ1n) is 9.54. The average Bonchev–Trinajstić information content (AvgIpc) is 2.64. The molecule has 162 valence electrons. The van der Waals surface area contributed by atoms with Crippen LogP contribution in [0.15, 0.2) is 0 Å². The Morgan fingerprint density at radius 2 is 0.963 bits per heavy atom. The van der Waals surface area contributed by atoms with Crippen LogP contribution in [-0.2, 0) is 28.5 Å². The van der Waals surface area contributed by atoms with E-state index >= 15 is 0 Å². The van der Waals surface area contributed by atoms with Crippen LogP contribution in [0.5, 0.6) is 0 Å². The standard InChI is InChI=1S/C16H35NO4.C2H2O4/c1-3-5-9-18-13-15-20-11-7-17-8-12-21-16-14-19-10-6-4-2;3-1(4)2(5)6/h17H,3-16H2,1-2H3;(H,3,4)(H,5,6). The van der Waals surface area contributed by atoms with Crippen molar-refractivity contribution in [1.82, 2.24) is 5.32 Å². The highest BCUT2D eigenvalue weighted by Gasteiger charge is 2.04. The summed E-state index contributed by atoms with van der Waals surface area (Å²) in [7, 11) is 0. The van der Waals surface area contributed by atoms with Crippen molar-refractivity contribution in [2.75, 3.05) is 65.9 Å². The number of nitrogens with one attached hydrogen (secondary N) is 1. The van der Waals surface area contributed by atoms with Gasteiger partial charge in [0.15, 0.2) is 0 Å². The predicted molar refractivity (Wildman–Crippen MR) is 101 cm³/mol. The van der Waals surface area contributed by atoms with Gasteiger partial charge in [-0.2, -0.15) is 0 Å². The normalized spacial score (nSPS) is 10.3. The van der Waals surface area contributed by atoms with E-state index in [-0.39, 0.29) is 0 Å². The molecule has 27 heavy (non-hydrogen) atoms. The van der Waals surface area contributed by atoms with Gasteiger partial charge >= 0.3 is 11.9 Å². The van der Waals surface area contributed by atoms with E-state index in [4.69, 9.17) is 38.7 Å². The second-order valence-corrected chi connectivity index (χ2v) is 5.52. The fourth-order valence-electron chi connectivity index (χ4n) is 1.55. The summed E-state index contributed by atoms with van der Waals surface area (Å²) in [4.78, 5) is 18.2. The van der Waals surface area contributed by atoms with Crippen LogP contribution in [0.25, 0.3) is 0 Å². The van der Waals surface area contributed by atoms with E-state index in [1.807, 2.05) is 0 Å². The summed E-state index contributed by atoms with van der Waals surface area (Å²) in [6.45, 7) is 11.9. The smallest absolute Gasteiger partial charge is 0.414 e. The van der Waals surface area contributed by atoms with Crippen LogP contribution < -0.4 is 5.32 Å². The van der Waals surface area contributed by atoms with Gasteiger partial charge in [0.2, 0.25) is 0 Å². The second-order valence-electron chi connectivity index (χ2n) is 5.52. The van der Waals surface area contributed by atoms with E-state index in [1.54, 1.807) is 0 Å². The first-order chi connectivity index (χ1) is 13.1. The third-order valence-electron chi connectivity index (χ3n) is 3.06. The molecule has 0 heterocycles. The highest BCUT2D eigenvalue weighted by molar-refractivity contribution is 6.27. The number of hydrogen-bond donors (Lipinski definition) is 3. The van der Waals surface area contributed by atoms with Gasteiger partial charge in [-0.3, -0.25) is 0 Å². The van der Waals surface area contributed by atoms with Gasteiger partial charge in [-0.1, -0.05) is 26.7 Å². The third kappa shape index (κ3) is 29.7. The lowest BCUT2D eigenvalue weighted by Gasteiger charge is -2.08. The molecule has 0 rings (SSSR count). The van der Waals surface area contributed by atoms with Crippen molar-refractivity contribution in [2.24, 2.45) is 0 Å². The van der Waals surface area contributed by atoms with Crippen molar-refractivity contribution in [3.63, 3.8) is 0 Å². The zero-order chi connectivity index (χ0) is 20.6. The van der Waals surface area contributed by atoms with Crippen molar-refractivity contribution in [3.8, 4) is 0 Å². The van der Waals surface area contributed by atoms with Gasteiger partial charge in [0, 0.05) is 26.3 Å². The van der Waals surface area contributed by atoms with Gasteiger partial charge in [-0.25, -0.2) is 9.59 Å². The Kier molecular flexibility index (Phi) is 25.6. The average molecular weight is 395 g/mol. The molecular formula is C18H37NO8. The van der Waals surface area contributed by atoms with Crippen molar-refractivity contribution in [1.29, 1.82) is 0 Å². The quantitative estimate of drug-likeness (QED) is 0.233. The summed E-state index contributed by atoms with van der Waals surface area (Å²) in [5.41, 5.74) is 0. The molecule has 0 radical (unpaired) electrons. The number of carboxylic acid groups (broad SMARTS) is 2. The molecular weight excluding hydrogens is 358 g/mol. The van der Waals surface area contributed by atoms with Crippen LogP contribution in [0.3, 0.4) is 0 Å². The molecule has 0 atom stereocenters. The Morgan fingerprint density at radius 1 is 0.630 bits per heavy atom. The van der Waals surface area contributed by atoms with Crippen LogP contribution in [0, 0.1) is 0 Å². The fourth-order valence-corrected chi connectivity index (χ4v) is 1.55. The maximum Gasteiger partial charge on any atom is 0.414 e. The number of hydrogen-bond acceptors (Lipinski definition) is 7. The number of aliphatic carboxylic acids is 2. The van der Waals surface area contributed by atoms with Crippen molar-refractivity contribution in [3.05, 3.63) is 0 Å². The van der Waals surface area contributed by atoms with Gasteiger partial charge in [0.25, 0.3) is 0 Å². The van der Waals surface area contributed by atoms with Gasteiger partial charge in [0.1, 0.15) is 0 Å². The summed E-state index contributed by atoms with van der Waals surface area (Å²) >= 11 is 0. The van der Waals surface area contributed by atoms with Gasteiger partial charge in [0.05, 0.1) is 39.6 Å². The molecule has 0 aromatic rings. The number of carboxylic acids is 2. The maximum absolute atomic E-state index is 9.10. The molecule has 0 unspecified atom stereocenters. The highest BCUT2D eigenvalue weighted by Crippen LogP contribution is 1.88. The molecule has 0 saturated carbocycles. The van der Waals surface area contributed by atoms with Crippen molar-refractivity contribution < 1.29 is 38.7 Å². The zero-order valence-electron chi connectivity index (χ0n) is 16.7. The fraction of sp³-hybridized carbons (Fsp3) is 0.889. The SMILES string of the molecule is CCCCOCCOCCNCCOCCOCCCC.O=C(O)C(=O)O. The molecule has 0 aliphatic rings. The third-order valence-corrected chi connectivity index (χ3v) is 3.06. The molecule has 0 amide bonds. The van der Waals surface area contributed by atoms with E-state index in [9.17, 15) is 0 Å². The van der Waals surface area contributed by atoms with Crippen molar-refractivity contribution in [2.45, 2.75) is 39.5 Å². The lowest BCUT2D eigenvalue weighted by molar-refractivity contribution is -0.159. The summed E-state index contributed by atoms with van der Waals surface area (Å²) in [6, 6.07) is 0. The number of carbonyl (C=O) groups is 2. The second kappa shape index (κ2) is 24.7. The first-order valence-corrected chi connectivity index (χ1v) is 9.54. The molecule has 0 fully saturated rings. The Balaban J connectivity index is 0. The van der Waals surface area contributed by atoms with Crippen molar-refractivity contribution >= 4 is 11.9 Å². The van der Waals surface area contributed by atoms with Gasteiger partial charge in [-0.05, 0) is 12.8 Å². The number of unbranched alkanes of at least 4 members (excludes halogenated alkanes) is 2. The summed E-state index contributed by atoms with van der Waals surface area (Å²) in [5, 5.41) is 18.1. The van der Waals surface area contributed by atoms with Gasteiger partial charge in [-0.15, -0.1) is 0 Å². The molecule has 0 aromatic carbocycles. The predicted octanol–water partition coefficient (Wildman–Crippen LogP) is 1.40. The van der Waals surface area contributed by atoms with E-state index in [0.29, 0.717) is 26.4 Å². The molecule has 0 aliphatic carbocycles. The lowest BCUT2D eigenvalue weighted by atomic mass is 10.4. The zero-order valence-corrected chi connectivity index (χ0v) is 16.7. The Morgan fingerprint density at radius 3 is 1.26 bits per heavy atom. The maximum atomic E-state index is 9.10. The first kappa shape index (κ1) is 28.0. The van der Waals surface area contributed by atoms with Crippen LogP contribution in [0.1, 0.15) is 39.5 Å². The molecule has 9 heteroatoms. The molecule has 9 nitrogen and oxygen atoms in total. The Labute approximate surface area is 162 Å². The molecule has 0 spiro atoms. The molecule has 0 aliphatic heterocycles. The Bertz CT molecular complexity index is 298. The molecule has 0 bridgehead atoms. The van der Waals surface area contributed by atoms with Crippen LogP contribution in [0.4, 0.5) is 0 Å². The van der Waals surface area contributed by atoms with E-state index in [1.165, 1.54) is 12.8 Å². The monoisotopic (exact) mass is 395 g/mol. The number of ether oxygens (including phenoxy) is 4. The topological polar surface area (TPSA) is 124 Å². The molecule has 0 aromatic heterocycles. The minimum Gasteiger partial charge on any atom is -0.473 e. The lowest BCUT2D eigenvalue weighted by Crippen LogP contribution is -2.25. The Hall–Kier alpha value is -1.26. The summed E-state index contributed by atoms with van der Waals surface area (Å²) < 4.78 is 21.7.